The molecule has 2 N–H and O–H groups in total. The molecule has 4 aliphatic carbocycles. The summed E-state index contributed by atoms with van der Waals surface area (Å²) in [6, 6.07) is 0. The number of rotatable bonds is 5. The highest BCUT2D eigenvalue weighted by Gasteiger charge is 2.60. The van der Waals surface area contributed by atoms with Crippen LogP contribution in [0.3, 0.4) is 0 Å². The summed E-state index contributed by atoms with van der Waals surface area (Å²) in [7, 11) is 0. The molecule has 4 rings (SSSR count). The van der Waals surface area contributed by atoms with E-state index in [2.05, 4.69) is 40.7 Å². The molecule has 0 spiro atoms. The molecule has 0 saturated heterocycles. The summed E-state index contributed by atoms with van der Waals surface area (Å²) >= 11 is 0. The van der Waals surface area contributed by atoms with Crippen molar-refractivity contribution in [2.75, 3.05) is 0 Å². The number of allylic oxidation sites excluding steroid dienone is 1. The van der Waals surface area contributed by atoms with Crippen LogP contribution in [-0.4, -0.2) is 21.9 Å². The Bertz CT molecular complexity index is 640. The number of hydrogen-bond donors (Lipinski definition) is 2. The molecule has 0 bridgehead atoms. The molecule has 0 amide bonds. The zero-order chi connectivity index (χ0) is 21.0. The van der Waals surface area contributed by atoms with Crippen LogP contribution in [0.25, 0.3) is 0 Å². The minimum Gasteiger partial charge on any atom is -0.393 e. The summed E-state index contributed by atoms with van der Waals surface area (Å²) in [4.78, 5) is 0. The second kappa shape index (κ2) is 7.66. The smallest absolute Gasteiger partial charge is 0.0682 e. The van der Waals surface area contributed by atoms with Gasteiger partial charge in [-0.15, -0.1) is 0 Å². The lowest BCUT2D eigenvalue weighted by molar-refractivity contribution is -0.0816. The molecule has 0 aliphatic heterocycles. The van der Waals surface area contributed by atoms with Gasteiger partial charge in [-0.3, -0.25) is 0 Å². The highest BCUT2D eigenvalue weighted by Crippen LogP contribution is 2.67. The largest absolute Gasteiger partial charge is 0.393 e. The fourth-order valence-corrected chi connectivity index (χ4v) is 8.75. The molecule has 166 valence electrons. The first-order valence-electron chi connectivity index (χ1n) is 12.8. The summed E-state index contributed by atoms with van der Waals surface area (Å²) in [5.74, 6) is 3.56. The van der Waals surface area contributed by atoms with Crippen molar-refractivity contribution in [2.24, 2.45) is 40.4 Å². The lowest BCUT2D eigenvalue weighted by Crippen LogP contribution is -2.52. The maximum absolute atomic E-state index is 10.9. The van der Waals surface area contributed by atoms with E-state index in [1.165, 1.54) is 38.5 Å². The Kier molecular flexibility index (Phi) is 5.78. The zero-order valence-corrected chi connectivity index (χ0v) is 19.7. The van der Waals surface area contributed by atoms with Gasteiger partial charge in [-0.1, -0.05) is 52.7 Å². The van der Waals surface area contributed by atoms with Gasteiger partial charge in [-0.05, 0) is 105 Å². The van der Waals surface area contributed by atoms with Crippen LogP contribution in [0, 0.1) is 40.4 Å². The monoisotopic (exact) mass is 402 g/mol. The lowest BCUT2D eigenvalue weighted by Gasteiger charge is -2.59. The van der Waals surface area contributed by atoms with Crippen molar-refractivity contribution < 1.29 is 10.2 Å². The number of hydrogen-bond acceptors (Lipinski definition) is 2. The van der Waals surface area contributed by atoms with E-state index in [0.29, 0.717) is 22.7 Å². The third-order valence-corrected chi connectivity index (χ3v) is 10.8. The van der Waals surface area contributed by atoms with Gasteiger partial charge >= 0.3 is 0 Å². The second-order valence-corrected chi connectivity index (χ2v) is 12.0. The van der Waals surface area contributed by atoms with Crippen LogP contribution in [0.1, 0.15) is 105 Å². The van der Waals surface area contributed by atoms with E-state index in [-0.39, 0.29) is 6.10 Å². The van der Waals surface area contributed by atoms with Crippen LogP contribution < -0.4 is 0 Å². The summed E-state index contributed by atoms with van der Waals surface area (Å²) in [6.45, 7) is 11.8. The van der Waals surface area contributed by atoms with Crippen LogP contribution in [0.15, 0.2) is 11.6 Å². The fourth-order valence-electron chi connectivity index (χ4n) is 8.75. The van der Waals surface area contributed by atoms with Crippen molar-refractivity contribution in [1.29, 1.82) is 0 Å². The molecule has 3 fully saturated rings. The van der Waals surface area contributed by atoms with E-state index in [1.807, 2.05) is 0 Å². The van der Waals surface area contributed by atoms with Gasteiger partial charge in [0, 0.05) is 0 Å². The normalized spacial score (nSPS) is 48.9. The number of fused-ring (bicyclic) bond motifs is 5. The van der Waals surface area contributed by atoms with Crippen LogP contribution in [0.4, 0.5) is 0 Å². The van der Waals surface area contributed by atoms with Crippen molar-refractivity contribution in [3.05, 3.63) is 11.6 Å². The molecule has 2 nitrogen and oxygen atoms in total. The Hall–Kier alpha value is -0.340. The summed E-state index contributed by atoms with van der Waals surface area (Å²) in [5.41, 5.74) is 1.86. The van der Waals surface area contributed by atoms with Crippen molar-refractivity contribution in [3.63, 3.8) is 0 Å². The Balaban J connectivity index is 1.57. The first kappa shape index (κ1) is 21.9. The van der Waals surface area contributed by atoms with Crippen LogP contribution in [-0.2, 0) is 0 Å². The average Bonchev–Trinajstić information content (AvgIpc) is 3.05. The topological polar surface area (TPSA) is 40.5 Å². The van der Waals surface area contributed by atoms with Crippen molar-refractivity contribution >= 4 is 0 Å². The van der Waals surface area contributed by atoms with Gasteiger partial charge in [0.25, 0.3) is 0 Å². The molecule has 9 atom stereocenters. The summed E-state index contributed by atoms with van der Waals surface area (Å²) < 4.78 is 0. The highest BCUT2D eigenvalue weighted by molar-refractivity contribution is 5.27. The third kappa shape index (κ3) is 3.36. The molecule has 3 saturated carbocycles. The standard InChI is InChI=1S/C27H46O2/c1-6-8-24(28)18(3)21-11-12-22-20-10-9-19-17-27(29,7-2)16-15-25(19,4)23(20)13-14-26(21,22)5/h9,18,20-24,28-29H,6-8,10-17H2,1-5H3/t18?,20-,21+,22-,23-,24?,25-,26+,27-/m0/s1. The molecular formula is C27H46O2. The molecule has 0 heterocycles. The third-order valence-electron chi connectivity index (χ3n) is 10.8. The van der Waals surface area contributed by atoms with E-state index >= 15 is 0 Å². The molecule has 29 heavy (non-hydrogen) atoms. The molecule has 0 aromatic heterocycles. The minimum absolute atomic E-state index is 0.126. The molecule has 2 heteroatoms. The predicted octanol–water partition coefficient (Wildman–Crippen LogP) is 6.50. The van der Waals surface area contributed by atoms with Crippen LogP contribution >= 0.6 is 0 Å². The Morgan fingerprint density at radius 3 is 2.52 bits per heavy atom. The first-order valence-corrected chi connectivity index (χ1v) is 12.8. The summed E-state index contributed by atoms with van der Waals surface area (Å²) in [5, 5.41) is 21.7. The van der Waals surface area contributed by atoms with Crippen LogP contribution in [0.2, 0.25) is 0 Å². The Labute approximate surface area is 179 Å². The van der Waals surface area contributed by atoms with Crippen molar-refractivity contribution in [3.8, 4) is 0 Å². The van der Waals surface area contributed by atoms with Gasteiger partial charge in [0.15, 0.2) is 0 Å². The molecule has 0 aromatic rings. The van der Waals surface area contributed by atoms with E-state index in [9.17, 15) is 10.2 Å². The molecular weight excluding hydrogens is 356 g/mol. The van der Waals surface area contributed by atoms with E-state index in [4.69, 9.17) is 0 Å². The van der Waals surface area contributed by atoms with E-state index in [0.717, 1.165) is 49.9 Å². The SMILES string of the molecule is CCCC(O)C(C)[C@H]1CC[C@H]2[C@@H]3CC=C4C[C@](O)(CC)CC[C@]4(C)[C@H]3CC[C@]12C. The average molecular weight is 403 g/mol. The summed E-state index contributed by atoms with van der Waals surface area (Å²) in [6.07, 6.45) is 15.0. The van der Waals surface area contributed by atoms with Crippen molar-refractivity contribution in [1.82, 2.24) is 0 Å². The van der Waals surface area contributed by atoms with Gasteiger partial charge in [0.05, 0.1) is 11.7 Å². The number of aliphatic hydroxyl groups is 2. The predicted molar refractivity (Wildman–Crippen MR) is 121 cm³/mol. The van der Waals surface area contributed by atoms with Gasteiger partial charge in [0.2, 0.25) is 0 Å². The molecule has 0 radical (unpaired) electrons. The maximum Gasteiger partial charge on any atom is 0.0682 e. The van der Waals surface area contributed by atoms with Crippen LogP contribution in [0.5, 0.6) is 0 Å². The van der Waals surface area contributed by atoms with Crippen molar-refractivity contribution in [2.45, 2.75) is 117 Å². The zero-order valence-electron chi connectivity index (χ0n) is 19.7. The Morgan fingerprint density at radius 1 is 1.07 bits per heavy atom. The quantitative estimate of drug-likeness (QED) is 0.515. The number of aliphatic hydroxyl groups excluding tert-OH is 1. The molecule has 2 unspecified atom stereocenters. The minimum atomic E-state index is -0.454. The van der Waals surface area contributed by atoms with Gasteiger partial charge in [0.1, 0.15) is 0 Å². The second-order valence-electron chi connectivity index (χ2n) is 12.0. The van der Waals surface area contributed by atoms with E-state index in [1.54, 1.807) is 5.57 Å². The maximum atomic E-state index is 10.9. The molecule has 4 aliphatic rings. The first-order chi connectivity index (χ1) is 13.7. The lowest BCUT2D eigenvalue weighted by atomic mass is 9.46. The van der Waals surface area contributed by atoms with E-state index < -0.39 is 5.60 Å². The molecule has 0 aromatic carbocycles. The van der Waals surface area contributed by atoms with Gasteiger partial charge in [-0.25, -0.2) is 0 Å². The van der Waals surface area contributed by atoms with Gasteiger partial charge in [-0.2, -0.15) is 0 Å². The fraction of sp³-hybridized carbons (Fsp3) is 0.926. The highest BCUT2D eigenvalue weighted by atomic mass is 16.3. The van der Waals surface area contributed by atoms with Gasteiger partial charge < -0.3 is 10.2 Å². The Morgan fingerprint density at radius 2 is 1.83 bits per heavy atom.